The molecule has 6 heteroatoms. The van der Waals surface area contributed by atoms with Gasteiger partial charge in [0.2, 0.25) is 0 Å². The Morgan fingerprint density at radius 1 is 1.06 bits per heavy atom. The second-order valence-electron chi connectivity index (χ2n) is 8.74. The lowest BCUT2D eigenvalue weighted by atomic mass is 10.0. The van der Waals surface area contributed by atoms with Gasteiger partial charge in [0, 0.05) is 57.8 Å². The van der Waals surface area contributed by atoms with Crippen LogP contribution >= 0.6 is 0 Å². The number of methoxy groups -OCH3 is 1. The van der Waals surface area contributed by atoms with Crippen LogP contribution in [-0.4, -0.2) is 64.1 Å². The Morgan fingerprint density at radius 2 is 1.94 bits per heavy atom. The highest BCUT2D eigenvalue weighted by molar-refractivity contribution is 5.39. The molecule has 2 aromatic carbocycles. The highest BCUT2D eigenvalue weighted by Crippen LogP contribution is 2.23. The van der Waals surface area contributed by atoms with Crippen LogP contribution in [0.4, 0.5) is 0 Å². The lowest BCUT2D eigenvalue weighted by Gasteiger charge is -2.41. The van der Waals surface area contributed by atoms with E-state index in [-0.39, 0.29) is 6.61 Å². The zero-order chi connectivity index (χ0) is 22.5. The normalized spacial score (nSPS) is 17.6. The first-order valence-electron chi connectivity index (χ1n) is 11.4. The average Bonchev–Trinajstić information content (AvgIpc) is 3.32. The zero-order valence-electron chi connectivity index (χ0n) is 19.4. The Kier molecular flexibility index (Phi) is 7.25. The molecule has 3 aromatic rings. The van der Waals surface area contributed by atoms with Gasteiger partial charge >= 0.3 is 0 Å². The summed E-state index contributed by atoms with van der Waals surface area (Å²) in [5.41, 5.74) is 6.19. The van der Waals surface area contributed by atoms with E-state index in [1.807, 2.05) is 16.9 Å². The van der Waals surface area contributed by atoms with Crippen LogP contribution in [0.25, 0.3) is 5.69 Å². The minimum atomic E-state index is 0.217. The summed E-state index contributed by atoms with van der Waals surface area (Å²) in [7, 11) is 1.71. The molecule has 0 radical (unpaired) electrons. The minimum absolute atomic E-state index is 0.217. The fourth-order valence-corrected chi connectivity index (χ4v) is 4.67. The summed E-state index contributed by atoms with van der Waals surface area (Å²) in [5, 5.41) is 14.0. The molecule has 1 aromatic heterocycles. The fourth-order valence-electron chi connectivity index (χ4n) is 4.67. The summed E-state index contributed by atoms with van der Waals surface area (Å²) in [5.74, 6) is 0.930. The topological polar surface area (TPSA) is 53.8 Å². The van der Waals surface area contributed by atoms with Crippen molar-refractivity contribution in [2.45, 2.75) is 39.4 Å². The van der Waals surface area contributed by atoms with E-state index in [0.717, 1.165) is 56.1 Å². The van der Waals surface area contributed by atoms with Gasteiger partial charge < -0.3 is 9.84 Å². The van der Waals surface area contributed by atoms with Crippen LogP contribution in [0.15, 0.2) is 54.9 Å². The maximum absolute atomic E-state index is 9.69. The number of aryl methyl sites for hydroxylation is 2. The number of nitrogens with zero attached hydrogens (tertiary/aromatic N) is 4. The van der Waals surface area contributed by atoms with E-state index < -0.39 is 0 Å². The summed E-state index contributed by atoms with van der Waals surface area (Å²) in [6.07, 6.45) is 4.57. The van der Waals surface area contributed by atoms with Gasteiger partial charge in [-0.05, 0) is 66.8 Å². The zero-order valence-corrected chi connectivity index (χ0v) is 19.4. The van der Waals surface area contributed by atoms with Gasteiger partial charge in [0.15, 0.2) is 0 Å². The number of ether oxygens (including phenoxy) is 1. The van der Waals surface area contributed by atoms with Crippen molar-refractivity contribution < 1.29 is 9.84 Å². The third-order valence-corrected chi connectivity index (χ3v) is 6.49. The number of benzene rings is 2. The lowest BCUT2D eigenvalue weighted by Crippen LogP contribution is -2.52. The standard InChI is InChI=1S/C26H34N4O2/c1-20-16-24(30-11-4-10-27-30)7-6-23(20)18-28-12-13-29(25(19-28)9-14-31)17-22-5-8-26(32-3)21(2)15-22/h4-8,10-11,15-16,25,31H,9,12-14,17-19H2,1-3H3. The molecule has 0 bridgehead atoms. The Balaban J connectivity index is 1.41. The summed E-state index contributed by atoms with van der Waals surface area (Å²) in [6, 6.07) is 15.3. The quantitative estimate of drug-likeness (QED) is 0.588. The van der Waals surface area contributed by atoms with E-state index in [9.17, 15) is 5.11 Å². The molecule has 1 fully saturated rings. The van der Waals surface area contributed by atoms with Crippen LogP contribution < -0.4 is 4.74 Å². The predicted molar refractivity (Wildman–Crippen MR) is 127 cm³/mol. The van der Waals surface area contributed by atoms with Crippen molar-refractivity contribution >= 4 is 0 Å². The van der Waals surface area contributed by atoms with Crippen molar-refractivity contribution in [1.29, 1.82) is 0 Å². The van der Waals surface area contributed by atoms with Crippen molar-refractivity contribution in [2.24, 2.45) is 0 Å². The van der Waals surface area contributed by atoms with Gasteiger partial charge in [-0.3, -0.25) is 9.80 Å². The molecule has 4 rings (SSSR count). The molecule has 32 heavy (non-hydrogen) atoms. The van der Waals surface area contributed by atoms with Gasteiger partial charge in [-0.25, -0.2) is 4.68 Å². The Hall–Kier alpha value is -2.67. The Labute approximate surface area is 191 Å². The predicted octanol–water partition coefficient (Wildman–Crippen LogP) is 3.57. The molecule has 1 saturated heterocycles. The van der Waals surface area contributed by atoms with E-state index in [2.05, 4.69) is 65.1 Å². The molecule has 1 unspecified atom stereocenters. The first-order chi connectivity index (χ1) is 15.6. The Bertz CT molecular complexity index is 1020. The van der Waals surface area contributed by atoms with Gasteiger partial charge in [0.1, 0.15) is 5.75 Å². The maximum atomic E-state index is 9.69. The average molecular weight is 435 g/mol. The largest absolute Gasteiger partial charge is 0.496 e. The van der Waals surface area contributed by atoms with Crippen molar-refractivity contribution in [1.82, 2.24) is 19.6 Å². The lowest BCUT2D eigenvalue weighted by molar-refractivity contribution is 0.0499. The first kappa shape index (κ1) is 22.5. The first-order valence-corrected chi connectivity index (χ1v) is 11.4. The van der Waals surface area contributed by atoms with Crippen molar-refractivity contribution in [3.63, 3.8) is 0 Å². The number of aliphatic hydroxyl groups excluding tert-OH is 1. The maximum Gasteiger partial charge on any atom is 0.121 e. The summed E-state index contributed by atoms with van der Waals surface area (Å²) < 4.78 is 7.30. The molecule has 1 aliphatic heterocycles. The van der Waals surface area contributed by atoms with Crippen molar-refractivity contribution in [3.05, 3.63) is 77.1 Å². The number of hydrogen-bond donors (Lipinski definition) is 1. The van der Waals surface area contributed by atoms with E-state index in [1.54, 1.807) is 13.3 Å². The number of hydrogen-bond acceptors (Lipinski definition) is 5. The number of aliphatic hydroxyl groups is 1. The van der Waals surface area contributed by atoms with Crippen molar-refractivity contribution in [2.75, 3.05) is 33.4 Å². The molecule has 0 saturated carbocycles. The molecule has 0 spiro atoms. The Morgan fingerprint density at radius 3 is 2.62 bits per heavy atom. The van der Waals surface area contributed by atoms with Crippen LogP contribution in [0.1, 0.15) is 28.7 Å². The van der Waals surface area contributed by atoms with Crippen LogP contribution in [0, 0.1) is 13.8 Å². The van der Waals surface area contributed by atoms with E-state index in [4.69, 9.17) is 4.74 Å². The summed E-state index contributed by atoms with van der Waals surface area (Å²) >= 11 is 0. The summed E-state index contributed by atoms with van der Waals surface area (Å²) in [6.45, 7) is 9.31. The van der Waals surface area contributed by atoms with Crippen molar-refractivity contribution in [3.8, 4) is 11.4 Å². The summed E-state index contributed by atoms with van der Waals surface area (Å²) in [4.78, 5) is 5.04. The molecule has 6 nitrogen and oxygen atoms in total. The molecule has 170 valence electrons. The molecule has 0 aliphatic carbocycles. The molecule has 1 atom stereocenters. The van der Waals surface area contributed by atoms with Gasteiger partial charge in [-0.15, -0.1) is 0 Å². The van der Waals surface area contributed by atoms with Gasteiger partial charge in [-0.1, -0.05) is 18.2 Å². The number of rotatable bonds is 8. The van der Waals surface area contributed by atoms with E-state index in [1.165, 1.54) is 16.7 Å². The monoisotopic (exact) mass is 434 g/mol. The number of piperazine rings is 1. The number of aromatic nitrogens is 2. The van der Waals surface area contributed by atoms with E-state index in [0.29, 0.717) is 6.04 Å². The van der Waals surface area contributed by atoms with Gasteiger partial charge in [-0.2, -0.15) is 5.10 Å². The highest BCUT2D eigenvalue weighted by Gasteiger charge is 2.27. The molecule has 1 aliphatic rings. The fraction of sp³-hybridized carbons (Fsp3) is 0.423. The van der Waals surface area contributed by atoms with Crippen LogP contribution in [0.2, 0.25) is 0 Å². The molecule has 0 amide bonds. The third-order valence-electron chi connectivity index (χ3n) is 6.49. The molecule has 2 heterocycles. The minimum Gasteiger partial charge on any atom is -0.496 e. The molecular formula is C26H34N4O2. The van der Waals surface area contributed by atoms with Crippen LogP contribution in [0.3, 0.4) is 0 Å². The second kappa shape index (κ2) is 10.3. The van der Waals surface area contributed by atoms with Gasteiger partial charge in [0.25, 0.3) is 0 Å². The van der Waals surface area contributed by atoms with Crippen LogP contribution in [0.5, 0.6) is 5.75 Å². The third kappa shape index (κ3) is 5.21. The molecular weight excluding hydrogens is 400 g/mol. The van der Waals surface area contributed by atoms with E-state index >= 15 is 0 Å². The molecule has 1 N–H and O–H groups in total. The smallest absolute Gasteiger partial charge is 0.121 e. The second-order valence-corrected chi connectivity index (χ2v) is 8.74. The highest BCUT2D eigenvalue weighted by atomic mass is 16.5. The van der Waals surface area contributed by atoms with Crippen LogP contribution in [-0.2, 0) is 13.1 Å². The van der Waals surface area contributed by atoms with Gasteiger partial charge in [0.05, 0.1) is 12.8 Å². The SMILES string of the molecule is COc1ccc(CN2CCN(Cc3ccc(-n4cccn4)cc3C)CC2CCO)cc1C.